The normalized spacial score (nSPS) is 17.0. The lowest BCUT2D eigenvalue weighted by Gasteiger charge is -2.24. The Balaban J connectivity index is 1.48. The average Bonchev–Trinajstić information content (AvgIpc) is 3.26. The van der Waals surface area contributed by atoms with Crippen molar-refractivity contribution in [3.8, 4) is 0 Å². The summed E-state index contributed by atoms with van der Waals surface area (Å²) < 4.78 is 1.57. The highest BCUT2D eigenvalue weighted by molar-refractivity contribution is 6.01. The van der Waals surface area contributed by atoms with Crippen LogP contribution in [-0.2, 0) is 16.1 Å². The van der Waals surface area contributed by atoms with Crippen LogP contribution in [0.5, 0.6) is 0 Å². The molecular formula is C19H19N5O2. The Bertz CT molecular complexity index is 953. The van der Waals surface area contributed by atoms with Crippen molar-refractivity contribution in [1.82, 2.24) is 19.9 Å². The Labute approximate surface area is 150 Å². The highest BCUT2D eigenvalue weighted by Gasteiger charge is 2.37. The number of fused-ring (bicyclic) bond motifs is 1. The highest BCUT2D eigenvalue weighted by Crippen LogP contribution is 2.24. The number of carbonyl (C=O) groups excluding carboxylic acids is 2. The van der Waals surface area contributed by atoms with Gasteiger partial charge in [-0.05, 0) is 30.7 Å². The van der Waals surface area contributed by atoms with E-state index in [2.05, 4.69) is 10.3 Å². The van der Waals surface area contributed by atoms with Gasteiger partial charge in [0, 0.05) is 19.3 Å². The van der Waals surface area contributed by atoms with Crippen molar-refractivity contribution in [2.24, 2.45) is 0 Å². The second-order valence-electron chi connectivity index (χ2n) is 6.37. The number of aromatic nitrogens is 3. The molecular weight excluding hydrogens is 330 g/mol. The molecule has 7 heteroatoms. The van der Waals surface area contributed by atoms with Crippen LogP contribution in [0.25, 0.3) is 11.0 Å². The van der Waals surface area contributed by atoms with E-state index in [1.807, 2.05) is 54.6 Å². The number of anilines is 1. The lowest BCUT2D eigenvalue weighted by atomic mass is 10.2. The van der Waals surface area contributed by atoms with E-state index in [0.717, 1.165) is 16.7 Å². The summed E-state index contributed by atoms with van der Waals surface area (Å²) in [5.41, 5.74) is 2.41. The van der Waals surface area contributed by atoms with Crippen LogP contribution in [-0.4, -0.2) is 51.3 Å². The number of nitrogens with zero attached hydrogens (tertiary/aromatic N) is 5. The predicted molar refractivity (Wildman–Crippen MR) is 97.5 cm³/mol. The third kappa shape index (κ3) is 2.81. The Morgan fingerprint density at radius 3 is 2.69 bits per heavy atom. The van der Waals surface area contributed by atoms with Crippen molar-refractivity contribution in [1.29, 1.82) is 0 Å². The molecule has 0 spiro atoms. The predicted octanol–water partition coefficient (Wildman–Crippen LogP) is 1.70. The van der Waals surface area contributed by atoms with Gasteiger partial charge in [0.05, 0.1) is 5.52 Å². The Hall–Kier alpha value is -3.22. The molecule has 2 aromatic carbocycles. The van der Waals surface area contributed by atoms with Crippen LogP contribution >= 0.6 is 0 Å². The molecule has 0 saturated carbocycles. The van der Waals surface area contributed by atoms with Crippen molar-refractivity contribution in [2.75, 3.05) is 18.5 Å². The van der Waals surface area contributed by atoms with Gasteiger partial charge >= 0.3 is 0 Å². The molecule has 1 fully saturated rings. The monoisotopic (exact) mass is 349 g/mol. The van der Waals surface area contributed by atoms with Gasteiger partial charge in [-0.3, -0.25) is 9.59 Å². The molecule has 7 nitrogen and oxygen atoms in total. The van der Waals surface area contributed by atoms with Gasteiger partial charge in [-0.15, -0.1) is 5.10 Å². The molecule has 2 heterocycles. The van der Waals surface area contributed by atoms with Crippen LogP contribution in [0.15, 0.2) is 54.6 Å². The minimum absolute atomic E-state index is 0.0458. The molecule has 0 N–H and O–H groups in total. The second-order valence-corrected chi connectivity index (χ2v) is 6.37. The number of rotatable bonds is 4. The van der Waals surface area contributed by atoms with Crippen molar-refractivity contribution in [2.45, 2.75) is 19.0 Å². The first kappa shape index (κ1) is 16.3. The summed E-state index contributed by atoms with van der Waals surface area (Å²) in [7, 11) is 1.68. The van der Waals surface area contributed by atoms with Crippen LogP contribution < -0.4 is 4.90 Å². The molecule has 3 aromatic rings. The highest BCUT2D eigenvalue weighted by atomic mass is 16.2. The summed E-state index contributed by atoms with van der Waals surface area (Å²) in [5.74, 6) is -0.204. The van der Waals surface area contributed by atoms with E-state index in [9.17, 15) is 9.59 Å². The third-order valence-electron chi connectivity index (χ3n) is 4.81. The van der Waals surface area contributed by atoms with Crippen molar-refractivity contribution in [3.63, 3.8) is 0 Å². The van der Waals surface area contributed by atoms with E-state index >= 15 is 0 Å². The maximum Gasteiger partial charge on any atom is 0.249 e. The number of benzene rings is 2. The van der Waals surface area contributed by atoms with Gasteiger partial charge in [0.2, 0.25) is 11.8 Å². The van der Waals surface area contributed by atoms with Crippen molar-refractivity contribution in [3.05, 3.63) is 54.6 Å². The molecule has 0 radical (unpaired) electrons. The zero-order valence-electron chi connectivity index (χ0n) is 14.4. The van der Waals surface area contributed by atoms with Gasteiger partial charge in [0.25, 0.3) is 0 Å². The summed E-state index contributed by atoms with van der Waals surface area (Å²) >= 11 is 0. The minimum atomic E-state index is -0.447. The first-order valence-electron chi connectivity index (χ1n) is 8.55. The Morgan fingerprint density at radius 2 is 1.88 bits per heavy atom. The average molecular weight is 349 g/mol. The fourth-order valence-electron chi connectivity index (χ4n) is 3.34. The topological polar surface area (TPSA) is 71.3 Å². The molecule has 2 amide bonds. The number of para-hydroxylation sites is 2. The standard InChI is InChI=1S/C19H19N5O2/c1-22(17-11-12-23(19(17)26)14-7-3-2-4-8-14)18(25)13-24-16-10-6-5-9-15(16)20-21-24/h2-10,17H,11-13H2,1H3. The fourth-order valence-corrected chi connectivity index (χ4v) is 3.34. The number of carbonyl (C=O) groups is 2. The van der Waals surface area contributed by atoms with Crippen LogP contribution in [0.2, 0.25) is 0 Å². The third-order valence-corrected chi connectivity index (χ3v) is 4.81. The molecule has 1 aromatic heterocycles. The zero-order chi connectivity index (χ0) is 18.1. The van der Waals surface area contributed by atoms with Crippen LogP contribution in [0, 0.1) is 0 Å². The number of amides is 2. The zero-order valence-corrected chi connectivity index (χ0v) is 14.4. The first-order chi connectivity index (χ1) is 12.6. The van der Waals surface area contributed by atoms with Gasteiger partial charge in [-0.25, -0.2) is 4.68 Å². The number of likely N-dealkylation sites (N-methyl/N-ethyl adjacent to an activating group) is 1. The summed E-state index contributed by atoms with van der Waals surface area (Å²) in [6.07, 6.45) is 0.619. The van der Waals surface area contributed by atoms with E-state index in [-0.39, 0.29) is 18.4 Å². The molecule has 26 heavy (non-hydrogen) atoms. The smallest absolute Gasteiger partial charge is 0.249 e. The number of hydrogen-bond donors (Lipinski definition) is 0. The lowest BCUT2D eigenvalue weighted by Crippen LogP contribution is -2.44. The summed E-state index contributed by atoms with van der Waals surface area (Å²) in [6.45, 7) is 0.670. The Kier molecular flexibility index (Phi) is 4.12. The van der Waals surface area contributed by atoms with Crippen LogP contribution in [0.1, 0.15) is 6.42 Å². The molecule has 1 aliphatic rings. The van der Waals surface area contributed by atoms with Gasteiger partial charge in [0.15, 0.2) is 0 Å². The van der Waals surface area contributed by atoms with Gasteiger partial charge in [0.1, 0.15) is 18.1 Å². The SMILES string of the molecule is CN(C(=O)Cn1nnc2ccccc21)C1CCN(c2ccccc2)C1=O. The quantitative estimate of drug-likeness (QED) is 0.719. The van der Waals surface area contributed by atoms with E-state index in [1.54, 1.807) is 16.6 Å². The first-order valence-corrected chi connectivity index (χ1v) is 8.55. The Morgan fingerprint density at radius 1 is 1.15 bits per heavy atom. The van der Waals surface area contributed by atoms with Crippen molar-refractivity contribution < 1.29 is 9.59 Å². The molecule has 0 bridgehead atoms. The fraction of sp³-hybridized carbons (Fsp3) is 0.263. The van der Waals surface area contributed by atoms with Gasteiger partial charge in [-0.2, -0.15) is 0 Å². The molecule has 0 aliphatic carbocycles. The van der Waals surface area contributed by atoms with Crippen LogP contribution in [0.4, 0.5) is 5.69 Å². The van der Waals surface area contributed by atoms with Gasteiger partial charge < -0.3 is 9.80 Å². The lowest BCUT2D eigenvalue weighted by molar-refractivity contribution is -0.137. The second kappa shape index (κ2) is 6.59. The molecule has 1 aliphatic heterocycles. The van der Waals surface area contributed by atoms with E-state index in [4.69, 9.17) is 0 Å². The summed E-state index contributed by atoms with van der Waals surface area (Å²) in [5, 5.41) is 8.11. The largest absolute Gasteiger partial charge is 0.332 e. The molecule has 1 unspecified atom stereocenters. The summed E-state index contributed by atoms with van der Waals surface area (Å²) in [6, 6.07) is 16.6. The molecule has 1 saturated heterocycles. The van der Waals surface area contributed by atoms with Crippen molar-refractivity contribution >= 4 is 28.5 Å². The number of hydrogen-bond acceptors (Lipinski definition) is 4. The van der Waals surface area contributed by atoms with Gasteiger partial charge in [-0.1, -0.05) is 35.5 Å². The maximum atomic E-state index is 12.8. The van der Waals surface area contributed by atoms with Crippen LogP contribution in [0.3, 0.4) is 0 Å². The van der Waals surface area contributed by atoms with E-state index in [0.29, 0.717) is 13.0 Å². The summed E-state index contributed by atoms with van der Waals surface area (Å²) in [4.78, 5) is 28.7. The van der Waals surface area contributed by atoms with E-state index < -0.39 is 6.04 Å². The maximum absolute atomic E-state index is 12.8. The molecule has 4 rings (SSSR count). The minimum Gasteiger partial charge on any atom is -0.332 e. The van der Waals surface area contributed by atoms with E-state index in [1.165, 1.54) is 4.90 Å². The molecule has 132 valence electrons. The molecule has 1 atom stereocenters.